The Morgan fingerprint density at radius 3 is 2.15 bits per heavy atom. The van der Waals surface area contributed by atoms with Crippen LogP contribution in [-0.2, 0) is 0 Å². The molecule has 0 amide bonds. The number of fused-ring (bicyclic) bond motifs is 1. The number of aromatic nitrogens is 1. The molecule has 4 heteroatoms. The predicted octanol–water partition coefficient (Wildman–Crippen LogP) is 5.16. The molecule has 0 saturated heterocycles. The van der Waals surface area contributed by atoms with Crippen molar-refractivity contribution in [1.82, 2.24) is 4.57 Å². The predicted molar refractivity (Wildman–Crippen MR) is 111 cm³/mol. The highest BCUT2D eigenvalue weighted by molar-refractivity contribution is 14.1. The Kier molecular flexibility index (Phi) is 4.15. The maximum atomic E-state index is 12.6. The van der Waals surface area contributed by atoms with Gasteiger partial charge in [-0.15, -0.1) is 0 Å². The molecule has 0 N–H and O–H groups in total. The molecule has 0 unspecified atom stereocenters. The summed E-state index contributed by atoms with van der Waals surface area (Å²) >= 11 is 2.29. The lowest BCUT2D eigenvalue weighted by Crippen LogP contribution is -2.01. The molecule has 4 rings (SSSR count). The number of nitrogens with zero attached hydrogens (tertiary/aromatic N) is 1. The molecule has 0 radical (unpaired) electrons. The molecule has 26 heavy (non-hydrogen) atoms. The van der Waals surface area contributed by atoms with Gasteiger partial charge in [0.2, 0.25) is 0 Å². The van der Waals surface area contributed by atoms with Gasteiger partial charge in [-0.2, -0.15) is 0 Å². The summed E-state index contributed by atoms with van der Waals surface area (Å²) in [5.74, 6) is -0.380. The number of carbonyl (C=O) groups excluding carboxylic acids is 2. The summed E-state index contributed by atoms with van der Waals surface area (Å²) in [4.78, 5) is 25.3. The topological polar surface area (TPSA) is 39.1 Å². The van der Waals surface area contributed by atoms with Crippen molar-refractivity contribution in [2.24, 2.45) is 0 Å². The minimum absolute atomic E-state index is 0.190. The normalized spacial score (nSPS) is 13.3. The number of Topliss-reactive ketones (excluding diaryl/α,β-unsaturated/α-hetero) is 2. The molecule has 3 nitrogen and oxygen atoms in total. The van der Waals surface area contributed by atoms with E-state index in [4.69, 9.17) is 0 Å². The first-order valence-corrected chi connectivity index (χ1v) is 9.40. The van der Waals surface area contributed by atoms with Gasteiger partial charge in [-0.1, -0.05) is 30.3 Å². The molecule has 1 aliphatic carbocycles. The van der Waals surface area contributed by atoms with Crippen molar-refractivity contribution in [2.75, 3.05) is 0 Å². The maximum Gasteiger partial charge on any atom is 0.197 e. The lowest BCUT2D eigenvalue weighted by molar-refractivity contribution is 0.0990. The summed E-state index contributed by atoms with van der Waals surface area (Å²) in [6.07, 6.45) is 1.73. The zero-order valence-electron chi connectivity index (χ0n) is 14.4. The molecule has 2 aromatic carbocycles. The van der Waals surface area contributed by atoms with Crippen molar-refractivity contribution in [2.45, 2.75) is 13.8 Å². The lowest BCUT2D eigenvalue weighted by Gasteiger charge is -2.10. The third-order valence-electron chi connectivity index (χ3n) is 4.74. The fourth-order valence-electron chi connectivity index (χ4n) is 3.51. The summed E-state index contributed by atoms with van der Waals surface area (Å²) in [6.45, 7) is 4.04. The van der Waals surface area contributed by atoms with Crippen LogP contribution in [0, 0.1) is 17.4 Å². The van der Waals surface area contributed by atoms with E-state index in [1.54, 1.807) is 30.3 Å². The van der Waals surface area contributed by atoms with E-state index in [9.17, 15) is 9.59 Å². The summed E-state index contributed by atoms with van der Waals surface area (Å²) in [6, 6.07) is 17.3. The smallest absolute Gasteiger partial charge is 0.197 e. The van der Waals surface area contributed by atoms with Crippen LogP contribution >= 0.6 is 22.6 Å². The van der Waals surface area contributed by atoms with Crippen LogP contribution in [0.2, 0.25) is 0 Å². The molecule has 1 aromatic heterocycles. The van der Waals surface area contributed by atoms with Crippen molar-refractivity contribution in [3.05, 3.63) is 91.8 Å². The van der Waals surface area contributed by atoms with Gasteiger partial charge in [0.25, 0.3) is 0 Å². The average Bonchev–Trinajstić information content (AvgIpc) is 3.04. The van der Waals surface area contributed by atoms with E-state index in [2.05, 4.69) is 39.3 Å². The first-order chi connectivity index (χ1) is 12.5. The maximum absolute atomic E-state index is 12.6. The molecule has 0 spiro atoms. The fraction of sp³-hybridized carbons (Fsp3) is 0.0909. The molecule has 0 aliphatic heterocycles. The number of carbonyl (C=O) groups is 2. The standard InChI is InChI=1S/C22H16INO2/c1-13-10-15(14(2)24(13)17-7-5-6-16(23)12-17)11-20-21(25)18-8-3-4-9-19(18)22(20)26/h3-12H,1-2H3. The number of hydrogen-bond acceptors (Lipinski definition) is 2. The van der Waals surface area contributed by atoms with Crippen LogP contribution in [0.25, 0.3) is 11.8 Å². The van der Waals surface area contributed by atoms with E-state index >= 15 is 0 Å². The quantitative estimate of drug-likeness (QED) is 0.306. The largest absolute Gasteiger partial charge is 0.318 e. The van der Waals surface area contributed by atoms with Crippen LogP contribution in [0.3, 0.4) is 0 Å². The molecule has 0 atom stereocenters. The van der Waals surface area contributed by atoms with Gasteiger partial charge in [-0.3, -0.25) is 9.59 Å². The molecule has 1 aliphatic rings. The Bertz CT molecular complexity index is 1070. The lowest BCUT2D eigenvalue weighted by atomic mass is 10.1. The van der Waals surface area contributed by atoms with E-state index in [-0.39, 0.29) is 17.1 Å². The van der Waals surface area contributed by atoms with Crippen molar-refractivity contribution in [3.8, 4) is 5.69 Å². The van der Waals surface area contributed by atoms with Crippen LogP contribution < -0.4 is 0 Å². The van der Waals surface area contributed by atoms with Crippen LogP contribution in [0.4, 0.5) is 0 Å². The molecular formula is C22H16INO2. The minimum Gasteiger partial charge on any atom is -0.318 e. The van der Waals surface area contributed by atoms with Gasteiger partial charge < -0.3 is 4.57 Å². The Morgan fingerprint density at radius 2 is 1.54 bits per heavy atom. The van der Waals surface area contributed by atoms with Crippen LogP contribution in [0.5, 0.6) is 0 Å². The van der Waals surface area contributed by atoms with Gasteiger partial charge in [0.05, 0.1) is 5.57 Å². The number of allylic oxidation sites excluding steroid dienone is 1. The summed E-state index contributed by atoms with van der Waals surface area (Å²) in [7, 11) is 0. The molecular weight excluding hydrogens is 437 g/mol. The van der Waals surface area contributed by atoms with Crippen LogP contribution in [0.15, 0.2) is 60.2 Å². The van der Waals surface area contributed by atoms with E-state index in [1.165, 1.54) is 0 Å². The SMILES string of the molecule is Cc1cc(C=C2C(=O)c3ccccc3C2=O)c(C)n1-c1cccc(I)c1. The third-order valence-corrected chi connectivity index (χ3v) is 5.41. The molecule has 1 heterocycles. The minimum atomic E-state index is -0.190. The number of hydrogen-bond donors (Lipinski definition) is 0. The van der Waals surface area contributed by atoms with Gasteiger partial charge in [0.15, 0.2) is 11.6 Å². The molecule has 0 bridgehead atoms. The van der Waals surface area contributed by atoms with Gasteiger partial charge in [0.1, 0.15) is 0 Å². The van der Waals surface area contributed by atoms with Crippen molar-refractivity contribution in [1.29, 1.82) is 0 Å². The zero-order chi connectivity index (χ0) is 18.4. The Morgan fingerprint density at radius 1 is 0.885 bits per heavy atom. The summed E-state index contributed by atoms with van der Waals surface area (Å²) in [5, 5.41) is 0. The molecule has 128 valence electrons. The number of ketones is 2. The van der Waals surface area contributed by atoms with Crippen molar-refractivity contribution >= 4 is 40.2 Å². The first kappa shape index (κ1) is 17.0. The average molecular weight is 453 g/mol. The van der Waals surface area contributed by atoms with Gasteiger partial charge in [0, 0.05) is 31.8 Å². The molecule has 0 saturated carbocycles. The first-order valence-electron chi connectivity index (χ1n) is 8.32. The Balaban J connectivity index is 1.82. The number of halogens is 1. The number of rotatable bonds is 2. The third kappa shape index (κ3) is 2.65. The van der Waals surface area contributed by atoms with Crippen molar-refractivity contribution < 1.29 is 9.59 Å². The van der Waals surface area contributed by atoms with Crippen molar-refractivity contribution in [3.63, 3.8) is 0 Å². The monoisotopic (exact) mass is 453 g/mol. The number of aryl methyl sites for hydroxylation is 1. The van der Waals surface area contributed by atoms with Crippen LogP contribution in [0.1, 0.15) is 37.7 Å². The highest BCUT2D eigenvalue weighted by atomic mass is 127. The Hall–Kier alpha value is -2.47. The van der Waals surface area contributed by atoms with Gasteiger partial charge in [-0.05, 0) is 72.3 Å². The molecule has 3 aromatic rings. The Labute approximate surface area is 165 Å². The van der Waals surface area contributed by atoms with E-state index < -0.39 is 0 Å². The van der Waals surface area contributed by atoms with E-state index in [0.717, 1.165) is 26.2 Å². The van der Waals surface area contributed by atoms with Gasteiger partial charge >= 0.3 is 0 Å². The van der Waals surface area contributed by atoms with E-state index in [0.29, 0.717) is 11.1 Å². The van der Waals surface area contributed by atoms with Crippen LogP contribution in [-0.4, -0.2) is 16.1 Å². The summed E-state index contributed by atoms with van der Waals surface area (Å²) in [5.41, 5.74) is 5.27. The highest BCUT2D eigenvalue weighted by Gasteiger charge is 2.32. The molecule has 0 fully saturated rings. The second-order valence-electron chi connectivity index (χ2n) is 6.40. The fourth-order valence-corrected chi connectivity index (χ4v) is 4.03. The van der Waals surface area contributed by atoms with Gasteiger partial charge in [-0.25, -0.2) is 0 Å². The second-order valence-corrected chi connectivity index (χ2v) is 7.65. The highest BCUT2D eigenvalue weighted by Crippen LogP contribution is 2.30. The zero-order valence-corrected chi connectivity index (χ0v) is 16.6. The summed E-state index contributed by atoms with van der Waals surface area (Å²) < 4.78 is 3.30. The number of benzene rings is 2. The van der Waals surface area contributed by atoms with E-state index in [1.807, 2.05) is 32.0 Å². The second kappa shape index (κ2) is 6.36.